The molecule has 12 nitrogen and oxygen atoms in total. The third kappa shape index (κ3) is 5.83. The number of hydrogen-bond donors (Lipinski definition) is 3. The third-order valence-corrected chi connectivity index (χ3v) is 6.59. The predicted octanol–water partition coefficient (Wildman–Crippen LogP) is 3.32. The molecule has 1 aliphatic heterocycles. The summed E-state index contributed by atoms with van der Waals surface area (Å²) in [5, 5.41) is 3.17. The molecule has 0 saturated carbocycles. The molecule has 0 radical (unpaired) electrons. The summed E-state index contributed by atoms with van der Waals surface area (Å²) in [5.74, 6) is -3.81. The van der Waals surface area contributed by atoms with Crippen LogP contribution in [-0.2, 0) is 36.1 Å². The summed E-state index contributed by atoms with van der Waals surface area (Å²) in [7, 11) is 0. The highest BCUT2D eigenvalue weighted by Gasteiger charge is 2.54. The van der Waals surface area contributed by atoms with Gasteiger partial charge in [0.2, 0.25) is 5.95 Å². The Morgan fingerprint density at radius 2 is 1.76 bits per heavy atom. The van der Waals surface area contributed by atoms with E-state index in [2.05, 4.69) is 30.2 Å². The van der Waals surface area contributed by atoms with E-state index in [1.54, 1.807) is 57.6 Å². The number of esters is 1. The number of nitrogens with one attached hydrogen (secondary N) is 2. The average Bonchev–Trinajstić information content (AvgIpc) is 3.43. The van der Waals surface area contributed by atoms with Crippen molar-refractivity contribution in [2.75, 3.05) is 18.5 Å². The van der Waals surface area contributed by atoms with Gasteiger partial charge >= 0.3 is 11.8 Å². The van der Waals surface area contributed by atoms with Crippen molar-refractivity contribution in [1.82, 2.24) is 24.9 Å². The molecule has 4 aromatic rings. The topological polar surface area (TPSA) is 167 Å². The van der Waals surface area contributed by atoms with Crippen molar-refractivity contribution in [3.63, 3.8) is 0 Å². The molecule has 42 heavy (non-hydrogen) atoms. The summed E-state index contributed by atoms with van der Waals surface area (Å²) >= 11 is 0. The molecule has 0 spiro atoms. The van der Waals surface area contributed by atoms with Crippen LogP contribution in [0, 0.1) is 11.2 Å². The second kappa shape index (κ2) is 11.6. The first-order chi connectivity index (χ1) is 20.1. The van der Waals surface area contributed by atoms with Crippen LogP contribution in [0.1, 0.15) is 32.2 Å². The van der Waals surface area contributed by atoms with E-state index < -0.39 is 28.9 Å². The summed E-state index contributed by atoms with van der Waals surface area (Å²) in [5.41, 5.74) is 7.26. The highest BCUT2D eigenvalue weighted by atomic mass is 19.1. The number of hydrogen-bond acceptors (Lipinski definition) is 10. The Kier molecular flexibility index (Phi) is 7.96. The lowest BCUT2D eigenvalue weighted by Gasteiger charge is -2.40. The fourth-order valence-corrected chi connectivity index (χ4v) is 4.27. The first-order valence-corrected chi connectivity index (χ1v) is 13.2. The SMILES string of the molecule is CC(C)OC(=O)C1(C)COC(C(N)=O)(c2nc(-c3ccc(F)cc3)c(-c3ccnc(NCc4ccncc4)n3)[nH]2)OC1. The maximum atomic E-state index is 13.8. The molecule has 0 aliphatic carbocycles. The second-order valence-electron chi connectivity index (χ2n) is 10.4. The molecule has 1 amide bonds. The van der Waals surface area contributed by atoms with Gasteiger partial charge in [-0.15, -0.1) is 0 Å². The van der Waals surface area contributed by atoms with E-state index in [9.17, 15) is 14.0 Å². The van der Waals surface area contributed by atoms with Crippen molar-refractivity contribution in [3.8, 4) is 22.6 Å². The predicted molar refractivity (Wildman–Crippen MR) is 149 cm³/mol. The van der Waals surface area contributed by atoms with Crippen LogP contribution >= 0.6 is 0 Å². The molecule has 1 saturated heterocycles. The Labute approximate surface area is 240 Å². The smallest absolute Gasteiger partial charge is 0.316 e. The van der Waals surface area contributed by atoms with Crippen molar-refractivity contribution in [2.24, 2.45) is 11.1 Å². The number of nitrogens with two attached hydrogens (primary N) is 1. The minimum Gasteiger partial charge on any atom is -0.462 e. The molecule has 218 valence electrons. The molecule has 1 aliphatic rings. The maximum Gasteiger partial charge on any atom is 0.316 e. The summed E-state index contributed by atoms with van der Waals surface area (Å²) in [4.78, 5) is 46.2. The molecule has 0 bridgehead atoms. The number of amides is 1. The lowest BCUT2D eigenvalue weighted by Crippen LogP contribution is -2.56. The van der Waals surface area contributed by atoms with Gasteiger partial charge in [-0.2, -0.15) is 0 Å². The zero-order valence-corrected chi connectivity index (χ0v) is 23.3. The Bertz CT molecular complexity index is 1570. The van der Waals surface area contributed by atoms with Crippen molar-refractivity contribution in [1.29, 1.82) is 0 Å². The van der Waals surface area contributed by atoms with Gasteiger partial charge in [0.25, 0.3) is 5.91 Å². The lowest BCUT2D eigenvalue weighted by atomic mass is 9.91. The average molecular weight is 576 g/mol. The van der Waals surface area contributed by atoms with Gasteiger partial charge in [-0.05, 0) is 68.8 Å². The number of nitrogens with zero attached hydrogens (tertiary/aromatic N) is 4. The van der Waals surface area contributed by atoms with Crippen LogP contribution in [-0.4, -0.2) is 56.1 Å². The zero-order chi connectivity index (χ0) is 29.9. The number of H-pyrrole nitrogens is 1. The van der Waals surface area contributed by atoms with Gasteiger partial charge in [-0.25, -0.2) is 19.3 Å². The first-order valence-electron chi connectivity index (χ1n) is 13.2. The number of imidazole rings is 1. The number of halogens is 1. The van der Waals surface area contributed by atoms with E-state index >= 15 is 0 Å². The molecule has 13 heteroatoms. The second-order valence-corrected chi connectivity index (χ2v) is 10.4. The number of aromatic amines is 1. The fourth-order valence-electron chi connectivity index (χ4n) is 4.27. The van der Waals surface area contributed by atoms with E-state index in [0.717, 1.165) is 5.56 Å². The molecule has 3 aromatic heterocycles. The molecule has 1 fully saturated rings. The fraction of sp³-hybridized carbons (Fsp3) is 0.310. The molecule has 1 aromatic carbocycles. The van der Waals surface area contributed by atoms with E-state index in [-0.39, 0.29) is 25.1 Å². The molecule has 0 atom stereocenters. The van der Waals surface area contributed by atoms with Crippen LogP contribution in [0.2, 0.25) is 0 Å². The highest BCUT2D eigenvalue weighted by Crippen LogP contribution is 2.39. The molecule has 4 N–H and O–H groups in total. The van der Waals surface area contributed by atoms with Crippen LogP contribution < -0.4 is 11.1 Å². The number of carbonyl (C=O) groups is 2. The summed E-state index contributed by atoms with van der Waals surface area (Å²) in [6, 6.07) is 11.1. The van der Waals surface area contributed by atoms with Crippen molar-refractivity contribution >= 4 is 17.8 Å². The van der Waals surface area contributed by atoms with Gasteiger partial charge in [0.05, 0.1) is 36.4 Å². The van der Waals surface area contributed by atoms with Crippen LogP contribution in [0.5, 0.6) is 0 Å². The van der Waals surface area contributed by atoms with E-state index in [1.165, 1.54) is 12.1 Å². The summed E-state index contributed by atoms with van der Waals surface area (Å²) < 4.78 is 30.9. The number of ether oxygens (including phenoxy) is 3. The van der Waals surface area contributed by atoms with Gasteiger partial charge in [0.1, 0.15) is 11.2 Å². The number of aromatic nitrogens is 5. The minimum atomic E-state index is -2.14. The Morgan fingerprint density at radius 3 is 2.40 bits per heavy atom. The molecular formula is C29H30FN7O5. The Hall–Kier alpha value is -4.75. The van der Waals surface area contributed by atoms with Crippen LogP contribution in [0.3, 0.4) is 0 Å². The minimum absolute atomic E-state index is 0.0616. The third-order valence-electron chi connectivity index (χ3n) is 6.59. The van der Waals surface area contributed by atoms with Gasteiger partial charge in [-0.3, -0.25) is 14.6 Å². The normalized spacial score (nSPS) is 20.3. The quantitative estimate of drug-likeness (QED) is 0.252. The van der Waals surface area contributed by atoms with Crippen molar-refractivity contribution in [2.45, 2.75) is 39.2 Å². The lowest BCUT2D eigenvalue weighted by molar-refractivity contribution is -0.294. The molecule has 5 rings (SSSR count). The van der Waals surface area contributed by atoms with Crippen LogP contribution in [0.25, 0.3) is 22.6 Å². The number of pyridine rings is 1. The van der Waals surface area contributed by atoms with E-state index in [1.807, 2.05) is 12.1 Å². The molecular weight excluding hydrogens is 545 g/mol. The van der Waals surface area contributed by atoms with Crippen molar-refractivity contribution in [3.05, 3.63) is 78.3 Å². The van der Waals surface area contributed by atoms with E-state index in [4.69, 9.17) is 19.9 Å². The number of primary amides is 1. The summed E-state index contributed by atoms with van der Waals surface area (Å²) in [6.45, 7) is 5.08. The standard InChI is InChI=1S/C29H30FN7O5/c1-17(2)42-26(39)28(3)15-40-29(24(31)38,41-16-28)25-36-22(19-4-6-20(30)7-5-19)23(37-25)21-10-13-33-27(35-21)34-14-18-8-11-32-12-9-18/h4-13,17H,14-16H2,1-3H3,(H2,31,38)(H,36,37)(H,33,34,35). The maximum absolute atomic E-state index is 13.8. The van der Waals surface area contributed by atoms with Crippen molar-refractivity contribution < 1.29 is 28.2 Å². The highest BCUT2D eigenvalue weighted by molar-refractivity contribution is 5.85. The number of carbonyl (C=O) groups excluding carboxylic acids is 2. The van der Waals surface area contributed by atoms with Gasteiger partial charge in [0.15, 0.2) is 5.82 Å². The van der Waals surface area contributed by atoms with Gasteiger partial charge in [0, 0.05) is 30.7 Å². The van der Waals surface area contributed by atoms with Gasteiger partial charge in [-0.1, -0.05) is 0 Å². The molecule has 0 unspecified atom stereocenters. The number of anilines is 1. The van der Waals surface area contributed by atoms with E-state index in [0.29, 0.717) is 35.1 Å². The number of benzene rings is 1. The first kappa shape index (κ1) is 28.8. The monoisotopic (exact) mass is 575 g/mol. The largest absolute Gasteiger partial charge is 0.462 e. The zero-order valence-electron chi connectivity index (χ0n) is 23.3. The number of rotatable bonds is 9. The Morgan fingerprint density at radius 1 is 1.07 bits per heavy atom. The summed E-state index contributed by atoms with van der Waals surface area (Å²) in [6.07, 6.45) is 4.60. The Balaban J connectivity index is 1.51. The van der Waals surface area contributed by atoms with Gasteiger partial charge < -0.3 is 30.2 Å². The van der Waals surface area contributed by atoms with Crippen LogP contribution in [0.15, 0.2) is 61.1 Å². The molecule has 4 heterocycles. The van der Waals surface area contributed by atoms with Crippen LogP contribution in [0.4, 0.5) is 10.3 Å².